The monoisotopic (exact) mass is 460 g/mol. The second kappa shape index (κ2) is 11.3. The summed E-state index contributed by atoms with van der Waals surface area (Å²) in [5, 5.41) is 0. The van der Waals surface area contributed by atoms with Gasteiger partial charge in [0, 0.05) is 24.2 Å². The first-order valence-corrected chi connectivity index (χ1v) is 12.2. The fraction of sp³-hybridized carbons (Fsp3) is 0.452. The van der Waals surface area contributed by atoms with Crippen LogP contribution >= 0.6 is 0 Å². The maximum atomic E-state index is 14.1. The molecule has 184 valence electrons. The number of carbonyl (C=O) groups is 1. The third kappa shape index (κ3) is 7.78. The van der Waals surface area contributed by atoms with E-state index < -0.39 is 0 Å². The van der Waals surface area contributed by atoms with E-state index in [0.717, 1.165) is 22.3 Å². The largest absolute Gasteiger partial charge is 0.306 e. The van der Waals surface area contributed by atoms with Crippen molar-refractivity contribution in [2.75, 3.05) is 41.3 Å². The van der Waals surface area contributed by atoms with Crippen LogP contribution in [0.1, 0.15) is 63.8 Å². The highest BCUT2D eigenvalue weighted by molar-refractivity contribution is 6.42. The number of nitrogens with zero attached hydrogens (tertiary/aromatic N) is 2. The summed E-state index contributed by atoms with van der Waals surface area (Å²) in [6, 6.07) is 16.9. The molecule has 3 nitrogen and oxygen atoms in total. The van der Waals surface area contributed by atoms with Gasteiger partial charge in [-0.15, -0.1) is 0 Å². The third-order valence-electron chi connectivity index (χ3n) is 5.93. The number of carbonyl (C=O) groups excluding carboxylic acids is 1. The number of hydrogen-bond acceptors (Lipinski definition) is 3. The van der Waals surface area contributed by atoms with Crippen molar-refractivity contribution in [3.63, 3.8) is 0 Å². The third-order valence-corrected chi connectivity index (χ3v) is 5.93. The van der Waals surface area contributed by atoms with Gasteiger partial charge in [0.1, 0.15) is 0 Å². The molecule has 0 heterocycles. The number of allylic oxidation sites excluding steroid dienone is 2. The summed E-state index contributed by atoms with van der Waals surface area (Å²) < 4.78 is 0. The molecule has 3 heteroatoms. The van der Waals surface area contributed by atoms with Gasteiger partial charge in [-0.3, -0.25) is 4.79 Å². The van der Waals surface area contributed by atoms with Crippen molar-refractivity contribution in [3.8, 4) is 0 Å². The first-order valence-electron chi connectivity index (χ1n) is 12.2. The minimum Gasteiger partial charge on any atom is -0.306 e. The number of ketones is 1. The Morgan fingerprint density at radius 3 is 1.15 bits per heavy atom. The molecule has 0 bridgehead atoms. The Hall–Kier alpha value is -2.49. The van der Waals surface area contributed by atoms with Crippen LogP contribution in [0.15, 0.2) is 60.7 Å². The highest BCUT2D eigenvalue weighted by Gasteiger charge is 2.21. The summed E-state index contributed by atoms with van der Waals surface area (Å²) in [5.41, 5.74) is 6.08. The molecule has 0 aliphatic heterocycles. The van der Waals surface area contributed by atoms with Crippen LogP contribution in [0, 0.1) is 0 Å². The van der Waals surface area contributed by atoms with Crippen molar-refractivity contribution in [1.82, 2.24) is 9.80 Å². The molecule has 2 aromatic rings. The zero-order valence-electron chi connectivity index (χ0n) is 23.0. The van der Waals surface area contributed by atoms with Gasteiger partial charge in [0.2, 0.25) is 0 Å². The molecule has 0 amide bonds. The molecule has 34 heavy (non-hydrogen) atoms. The quantitative estimate of drug-likeness (QED) is 0.424. The Kier molecular flexibility index (Phi) is 9.22. The standard InChI is InChI=1S/C31H44N2O/c1-30(2,3)25-15-11-23(12-16-25)27(19-21-32(7)8)29(34)28(20-22-33(9)10)24-13-17-26(18-14-24)31(4,5)6/h11-20H,21-22H2,1-10H3. The van der Waals surface area contributed by atoms with Crippen molar-refractivity contribution < 1.29 is 4.79 Å². The molecule has 0 N–H and O–H groups in total. The van der Waals surface area contributed by atoms with Crippen molar-refractivity contribution in [2.24, 2.45) is 0 Å². The van der Waals surface area contributed by atoms with Gasteiger partial charge in [-0.05, 0) is 61.3 Å². The number of benzene rings is 2. The molecule has 0 aliphatic rings. The summed E-state index contributed by atoms with van der Waals surface area (Å²) in [5.74, 6) is 0.0655. The fourth-order valence-corrected chi connectivity index (χ4v) is 3.68. The van der Waals surface area contributed by atoms with Crippen LogP contribution in [-0.2, 0) is 15.6 Å². The maximum Gasteiger partial charge on any atom is 0.193 e. The zero-order valence-corrected chi connectivity index (χ0v) is 23.0. The van der Waals surface area contributed by atoms with Crippen LogP contribution in [0.4, 0.5) is 0 Å². The molecule has 0 spiro atoms. The highest BCUT2D eigenvalue weighted by atomic mass is 16.1. The van der Waals surface area contributed by atoms with E-state index in [2.05, 4.69) is 112 Å². The van der Waals surface area contributed by atoms with E-state index in [9.17, 15) is 4.79 Å². The predicted molar refractivity (Wildman–Crippen MR) is 148 cm³/mol. The SMILES string of the molecule is CN(C)CC=C(C(=O)C(=CCN(C)C)c1ccc(C(C)(C)C)cc1)c1ccc(C(C)(C)C)cc1. The smallest absolute Gasteiger partial charge is 0.193 e. The summed E-state index contributed by atoms with van der Waals surface area (Å²) in [4.78, 5) is 18.2. The van der Waals surface area contributed by atoms with E-state index in [0.29, 0.717) is 13.1 Å². The van der Waals surface area contributed by atoms with Crippen LogP contribution in [-0.4, -0.2) is 56.9 Å². The van der Waals surface area contributed by atoms with Gasteiger partial charge in [0.25, 0.3) is 0 Å². The van der Waals surface area contributed by atoms with Crippen molar-refractivity contribution in [1.29, 1.82) is 0 Å². The summed E-state index contributed by atoms with van der Waals surface area (Å²) >= 11 is 0. The molecule has 0 fully saturated rings. The summed E-state index contributed by atoms with van der Waals surface area (Å²) in [6.45, 7) is 14.6. The molecule has 2 rings (SSSR count). The molecule has 0 saturated heterocycles. The Morgan fingerprint density at radius 2 is 0.912 bits per heavy atom. The molecular weight excluding hydrogens is 416 g/mol. The second-order valence-corrected chi connectivity index (χ2v) is 11.7. The molecule has 0 atom stereocenters. The number of likely N-dealkylation sites (N-methyl/N-ethyl adjacent to an activating group) is 2. The van der Waals surface area contributed by atoms with Gasteiger partial charge in [0.15, 0.2) is 5.78 Å². The van der Waals surface area contributed by atoms with Crippen LogP contribution in [0.5, 0.6) is 0 Å². The number of Topliss-reactive ketones (excluding diaryl/α,β-unsaturated/α-hetero) is 1. The lowest BCUT2D eigenvalue weighted by molar-refractivity contribution is -0.108. The molecule has 0 radical (unpaired) electrons. The lowest BCUT2D eigenvalue weighted by Gasteiger charge is -2.21. The molecule has 0 saturated carbocycles. The first kappa shape index (κ1) is 27.8. The lowest BCUT2D eigenvalue weighted by atomic mass is 9.84. The fourth-order valence-electron chi connectivity index (χ4n) is 3.68. The van der Waals surface area contributed by atoms with E-state index >= 15 is 0 Å². The van der Waals surface area contributed by atoms with Gasteiger partial charge in [-0.1, -0.05) is 102 Å². The number of hydrogen-bond donors (Lipinski definition) is 0. The van der Waals surface area contributed by atoms with Crippen molar-refractivity contribution in [3.05, 3.63) is 82.9 Å². The maximum absolute atomic E-state index is 14.1. The Bertz CT molecular complexity index is 926. The van der Waals surface area contributed by atoms with E-state index in [4.69, 9.17) is 0 Å². The van der Waals surface area contributed by atoms with Gasteiger partial charge in [0.05, 0.1) is 0 Å². The van der Waals surface area contributed by atoms with Crippen molar-refractivity contribution >= 4 is 16.9 Å². The van der Waals surface area contributed by atoms with E-state index in [1.165, 1.54) is 11.1 Å². The molecular formula is C31H44N2O. The first-order chi connectivity index (χ1) is 15.7. The van der Waals surface area contributed by atoms with Gasteiger partial charge in [-0.25, -0.2) is 0 Å². The van der Waals surface area contributed by atoms with E-state index in [1.54, 1.807) is 0 Å². The average Bonchev–Trinajstić information content (AvgIpc) is 2.73. The van der Waals surface area contributed by atoms with Gasteiger partial charge < -0.3 is 9.80 Å². The topological polar surface area (TPSA) is 23.6 Å². The van der Waals surface area contributed by atoms with E-state index in [-0.39, 0.29) is 16.6 Å². The summed E-state index contributed by atoms with van der Waals surface area (Å²) in [6.07, 6.45) is 4.11. The van der Waals surface area contributed by atoms with Crippen LogP contribution in [0.25, 0.3) is 11.1 Å². The van der Waals surface area contributed by atoms with E-state index in [1.807, 2.05) is 28.2 Å². The van der Waals surface area contributed by atoms with Crippen LogP contribution in [0.2, 0.25) is 0 Å². The van der Waals surface area contributed by atoms with Gasteiger partial charge in [-0.2, -0.15) is 0 Å². The average molecular weight is 461 g/mol. The highest BCUT2D eigenvalue weighted by Crippen LogP contribution is 2.30. The molecule has 2 aromatic carbocycles. The zero-order chi connectivity index (χ0) is 25.7. The normalized spacial score (nSPS) is 13.6. The Balaban J connectivity index is 2.56. The lowest BCUT2D eigenvalue weighted by Crippen LogP contribution is -2.16. The summed E-state index contributed by atoms with van der Waals surface area (Å²) in [7, 11) is 8.09. The Morgan fingerprint density at radius 1 is 0.618 bits per heavy atom. The molecule has 0 aliphatic carbocycles. The molecule has 0 unspecified atom stereocenters. The van der Waals surface area contributed by atoms with Crippen LogP contribution in [0.3, 0.4) is 0 Å². The minimum atomic E-state index is 0.0655. The number of rotatable bonds is 8. The second-order valence-electron chi connectivity index (χ2n) is 11.7. The minimum absolute atomic E-state index is 0.0655. The van der Waals surface area contributed by atoms with Gasteiger partial charge >= 0.3 is 0 Å². The predicted octanol–water partition coefficient (Wildman–Crippen LogP) is 6.44. The van der Waals surface area contributed by atoms with Crippen molar-refractivity contribution in [2.45, 2.75) is 52.4 Å². The Labute approximate surface area is 208 Å². The van der Waals surface area contributed by atoms with Crippen LogP contribution < -0.4 is 0 Å². The molecule has 0 aromatic heterocycles.